The smallest absolute Gasteiger partial charge is 0.141 e. The lowest BCUT2D eigenvalue weighted by Crippen LogP contribution is -2.51. The number of thiophene rings is 1. The second-order valence-corrected chi connectivity index (χ2v) is 7.75. The van der Waals surface area contributed by atoms with Gasteiger partial charge < -0.3 is 9.64 Å². The van der Waals surface area contributed by atoms with Gasteiger partial charge in [-0.2, -0.15) is 0 Å². The van der Waals surface area contributed by atoms with Crippen LogP contribution in [0.25, 0.3) is 10.2 Å². The molecule has 1 unspecified atom stereocenters. The molecule has 0 aromatic carbocycles. The first kappa shape index (κ1) is 15.3. The molecule has 1 atom stereocenters. The Kier molecular flexibility index (Phi) is 4.22. The van der Waals surface area contributed by atoms with Crippen molar-refractivity contribution in [3.63, 3.8) is 0 Å². The van der Waals surface area contributed by atoms with Crippen LogP contribution in [0.4, 0.5) is 5.82 Å². The fraction of sp³-hybridized carbons (Fsp3) is 0.647. The predicted octanol–water partition coefficient (Wildman–Crippen LogP) is 2.61. The molecule has 0 radical (unpaired) electrons. The Balaban J connectivity index is 1.62. The predicted molar refractivity (Wildman–Crippen MR) is 94.5 cm³/mol. The van der Waals surface area contributed by atoms with Crippen molar-refractivity contribution in [3.8, 4) is 0 Å². The maximum Gasteiger partial charge on any atom is 0.141 e. The van der Waals surface area contributed by atoms with Crippen LogP contribution in [0.3, 0.4) is 0 Å². The lowest BCUT2D eigenvalue weighted by Gasteiger charge is -2.41. The Bertz CT molecular complexity index is 695. The highest BCUT2D eigenvalue weighted by atomic mass is 32.1. The molecule has 0 saturated carbocycles. The number of aromatic nitrogens is 2. The highest BCUT2D eigenvalue weighted by molar-refractivity contribution is 7.18. The molecule has 0 amide bonds. The third kappa shape index (κ3) is 2.84. The van der Waals surface area contributed by atoms with Gasteiger partial charge in [0.1, 0.15) is 17.0 Å². The van der Waals surface area contributed by atoms with E-state index in [0.717, 1.165) is 50.0 Å². The van der Waals surface area contributed by atoms with Gasteiger partial charge in [-0.15, -0.1) is 11.3 Å². The van der Waals surface area contributed by atoms with Crippen molar-refractivity contribution in [2.45, 2.75) is 32.7 Å². The zero-order valence-electron chi connectivity index (χ0n) is 13.9. The molecule has 2 saturated heterocycles. The van der Waals surface area contributed by atoms with Gasteiger partial charge in [0.15, 0.2) is 0 Å². The standard InChI is InChI=1S/C17H24N4OS/c1-12-13(2)23-17-15(12)16(18-11-19-17)21-5-3-4-14(10-21)20-6-8-22-9-7-20/h11,14H,3-10H2,1-2H3. The van der Waals surface area contributed by atoms with Crippen LogP contribution in [0.1, 0.15) is 23.3 Å². The van der Waals surface area contributed by atoms with Gasteiger partial charge in [-0.25, -0.2) is 9.97 Å². The fourth-order valence-electron chi connectivity index (χ4n) is 3.79. The van der Waals surface area contributed by atoms with Crippen LogP contribution in [0.2, 0.25) is 0 Å². The van der Waals surface area contributed by atoms with Crippen LogP contribution in [-0.4, -0.2) is 60.3 Å². The van der Waals surface area contributed by atoms with E-state index in [9.17, 15) is 0 Å². The number of ether oxygens (including phenoxy) is 1. The summed E-state index contributed by atoms with van der Waals surface area (Å²) in [5.74, 6) is 1.13. The monoisotopic (exact) mass is 332 g/mol. The van der Waals surface area contributed by atoms with Gasteiger partial charge in [-0.05, 0) is 32.3 Å². The third-order valence-electron chi connectivity index (χ3n) is 5.20. The van der Waals surface area contributed by atoms with Crippen molar-refractivity contribution in [3.05, 3.63) is 16.8 Å². The molecule has 0 spiro atoms. The van der Waals surface area contributed by atoms with E-state index in [2.05, 4.69) is 33.6 Å². The van der Waals surface area contributed by atoms with E-state index in [-0.39, 0.29) is 0 Å². The number of aryl methyl sites for hydroxylation is 2. The van der Waals surface area contributed by atoms with E-state index in [0.29, 0.717) is 6.04 Å². The van der Waals surface area contributed by atoms with Gasteiger partial charge in [-0.1, -0.05) is 0 Å². The zero-order chi connectivity index (χ0) is 15.8. The molecule has 0 N–H and O–H groups in total. The van der Waals surface area contributed by atoms with Gasteiger partial charge in [0.2, 0.25) is 0 Å². The summed E-state index contributed by atoms with van der Waals surface area (Å²) in [5.41, 5.74) is 1.34. The Hall–Kier alpha value is -1.24. The molecule has 2 aromatic heterocycles. The van der Waals surface area contributed by atoms with E-state index >= 15 is 0 Å². The number of hydrogen-bond acceptors (Lipinski definition) is 6. The van der Waals surface area contributed by atoms with Crippen LogP contribution in [0, 0.1) is 13.8 Å². The minimum Gasteiger partial charge on any atom is -0.379 e. The van der Waals surface area contributed by atoms with Crippen molar-refractivity contribution in [1.82, 2.24) is 14.9 Å². The van der Waals surface area contributed by atoms with Gasteiger partial charge in [-0.3, -0.25) is 4.90 Å². The van der Waals surface area contributed by atoms with Crippen LogP contribution in [0.15, 0.2) is 6.33 Å². The summed E-state index contributed by atoms with van der Waals surface area (Å²) in [6.07, 6.45) is 4.24. The normalized spacial score (nSPS) is 23.6. The zero-order valence-corrected chi connectivity index (χ0v) is 14.7. The van der Waals surface area contributed by atoms with Gasteiger partial charge in [0, 0.05) is 37.1 Å². The molecule has 4 heterocycles. The van der Waals surface area contributed by atoms with E-state index < -0.39 is 0 Å². The maximum atomic E-state index is 5.50. The SMILES string of the molecule is Cc1sc2ncnc(N3CCCC(N4CCOCC4)C3)c2c1C. The molecule has 23 heavy (non-hydrogen) atoms. The first-order chi connectivity index (χ1) is 11.2. The van der Waals surface area contributed by atoms with Crippen molar-refractivity contribution >= 4 is 27.4 Å². The molecule has 0 bridgehead atoms. The summed E-state index contributed by atoms with van der Waals surface area (Å²) in [4.78, 5) is 16.7. The summed E-state index contributed by atoms with van der Waals surface area (Å²) in [6.45, 7) is 10.4. The average Bonchev–Trinajstić information content (AvgIpc) is 2.90. The van der Waals surface area contributed by atoms with Crippen LogP contribution in [0.5, 0.6) is 0 Å². The number of morpholine rings is 1. The fourth-order valence-corrected chi connectivity index (χ4v) is 4.78. The van der Waals surface area contributed by atoms with Crippen molar-refractivity contribution in [2.24, 2.45) is 0 Å². The minimum atomic E-state index is 0.623. The molecular weight excluding hydrogens is 308 g/mol. The van der Waals surface area contributed by atoms with E-state index in [1.54, 1.807) is 17.7 Å². The van der Waals surface area contributed by atoms with Crippen molar-refractivity contribution in [2.75, 3.05) is 44.3 Å². The van der Waals surface area contributed by atoms with Crippen molar-refractivity contribution in [1.29, 1.82) is 0 Å². The lowest BCUT2D eigenvalue weighted by molar-refractivity contribution is 0.0137. The first-order valence-electron chi connectivity index (χ1n) is 8.51. The summed E-state index contributed by atoms with van der Waals surface area (Å²) in [6, 6.07) is 0.623. The highest BCUT2D eigenvalue weighted by Crippen LogP contribution is 2.35. The Morgan fingerprint density at radius 3 is 2.83 bits per heavy atom. The van der Waals surface area contributed by atoms with Gasteiger partial charge in [0.25, 0.3) is 0 Å². The molecule has 2 fully saturated rings. The van der Waals surface area contributed by atoms with E-state index in [4.69, 9.17) is 4.74 Å². The van der Waals surface area contributed by atoms with Crippen LogP contribution >= 0.6 is 11.3 Å². The number of nitrogens with zero attached hydrogens (tertiary/aromatic N) is 4. The molecule has 0 aliphatic carbocycles. The molecule has 124 valence electrons. The summed E-state index contributed by atoms with van der Waals surface area (Å²) in [5, 5.41) is 1.26. The third-order valence-corrected chi connectivity index (χ3v) is 6.32. The summed E-state index contributed by atoms with van der Waals surface area (Å²) < 4.78 is 5.50. The number of anilines is 1. The molecule has 4 rings (SSSR count). The highest BCUT2D eigenvalue weighted by Gasteiger charge is 2.28. The van der Waals surface area contributed by atoms with Crippen LogP contribution in [-0.2, 0) is 4.74 Å². The summed E-state index contributed by atoms with van der Waals surface area (Å²) >= 11 is 1.78. The Labute approximate surface area is 141 Å². The Morgan fingerprint density at radius 1 is 1.17 bits per heavy atom. The largest absolute Gasteiger partial charge is 0.379 e. The number of fused-ring (bicyclic) bond motifs is 1. The minimum absolute atomic E-state index is 0.623. The molecular formula is C17H24N4OS. The second-order valence-electron chi connectivity index (χ2n) is 6.55. The molecule has 2 aliphatic rings. The second kappa shape index (κ2) is 6.34. The first-order valence-corrected chi connectivity index (χ1v) is 9.33. The number of piperidine rings is 1. The topological polar surface area (TPSA) is 41.5 Å². The van der Waals surface area contributed by atoms with Gasteiger partial charge >= 0.3 is 0 Å². The molecule has 5 nitrogen and oxygen atoms in total. The van der Waals surface area contributed by atoms with Crippen LogP contribution < -0.4 is 4.90 Å². The van der Waals surface area contributed by atoms with E-state index in [1.165, 1.54) is 28.7 Å². The lowest BCUT2D eigenvalue weighted by atomic mass is 10.0. The maximum absolute atomic E-state index is 5.50. The molecule has 6 heteroatoms. The van der Waals surface area contributed by atoms with Gasteiger partial charge in [0.05, 0.1) is 18.6 Å². The number of rotatable bonds is 2. The van der Waals surface area contributed by atoms with Crippen molar-refractivity contribution < 1.29 is 4.74 Å². The molecule has 2 aromatic rings. The van der Waals surface area contributed by atoms with E-state index in [1.807, 2.05) is 0 Å². The Morgan fingerprint density at radius 2 is 2.00 bits per heavy atom. The summed E-state index contributed by atoms with van der Waals surface area (Å²) in [7, 11) is 0. The molecule has 2 aliphatic heterocycles. The number of hydrogen-bond donors (Lipinski definition) is 0. The average molecular weight is 332 g/mol. The quantitative estimate of drug-likeness (QED) is 0.845.